The van der Waals surface area contributed by atoms with Gasteiger partial charge in [0.25, 0.3) is 0 Å². The van der Waals surface area contributed by atoms with Gasteiger partial charge in [0.1, 0.15) is 5.75 Å². The van der Waals surface area contributed by atoms with Crippen molar-refractivity contribution in [2.24, 2.45) is 0 Å². The topological polar surface area (TPSA) is 73.9 Å². The van der Waals surface area contributed by atoms with Crippen LogP contribution in [0.1, 0.15) is 25.5 Å². The minimum absolute atomic E-state index is 0.254. The summed E-state index contributed by atoms with van der Waals surface area (Å²) in [6.45, 7) is 3.98. The van der Waals surface area contributed by atoms with Crippen molar-refractivity contribution in [2.75, 3.05) is 20.3 Å². The van der Waals surface area contributed by atoms with Gasteiger partial charge < -0.3 is 19.5 Å². The quantitative estimate of drug-likeness (QED) is 0.806. The minimum Gasteiger partial charge on any atom is -0.497 e. The summed E-state index contributed by atoms with van der Waals surface area (Å²) in [4.78, 5) is 24.2. The van der Waals surface area contributed by atoms with E-state index in [1.165, 1.54) is 6.08 Å². The lowest BCUT2D eigenvalue weighted by Gasteiger charge is -2.24. The van der Waals surface area contributed by atoms with Crippen LogP contribution < -0.4 is 10.1 Å². The molecule has 0 aromatic heterocycles. The summed E-state index contributed by atoms with van der Waals surface area (Å²) in [5.41, 5.74) is 1.49. The molecule has 0 spiro atoms. The van der Waals surface area contributed by atoms with E-state index >= 15 is 0 Å². The molecule has 24 heavy (non-hydrogen) atoms. The second-order valence-corrected chi connectivity index (χ2v) is 5.01. The number of carbonyl (C=O) groups is 2. The molecular weight excluding hydrogens is 310 g/mol. The van der Waals surface area contributed by atoms with Crippen molar-refractivity contribution in [1.29, 1.82) is 0 Å². The van der Waals surface area contributed by atoms with E-state index in [0.29, 0.717) is 5.57 Å². The number of methoxy groups -OCH3 is 1. The fourth-order valence-electron chi connectivity index (χ4n) is 2.35. The first-order valence-corrected chi connectivity index (χ1v) is 7.76. The second-order valence-electron chi connectivity index (χ2n) is 5.01. The highest BCUT2D eigenvalue weighted by molar-refractivity contribution is 5.98. The number of esters is 2. The minimum atomic E-state index is -0.486. The highest BCUT2D eigenvalue weighted by Gasteiger charge is 2.28. The number of benzene rings is 1. The zero-order valence-corrected chi connectivity index (χ0v) is 14.0. The molecule has 0 radical (unpaired) electrons. The molecule has 1 aliphatic heterocycles. The van der Waals surface area contributed by atoms with E-state index in [4.69, 9.17) is 14.2 Å². The number of ether oxygens (including phenoxy) is 3. The van der Waals surface area contributed by atoms with Crippen LogP contribution in [0.15, 0.2) is 47.7 Å². The van der Waals surface area contributed by atoms with E-state index in [-0.39, 0.29) is 18.8 Å². The van der Waals surface area contributed by atoms with Crippen LogP contribution in [-0.2, 0) is 19.1 Å². The van der Waals surface area contributed by atoms with Gasteiger partial charge in [0, 0.05) is 6.20 Å². The van der Waals surface area contributed by atoms with E-state index in [2.05, 4.69) is 5.32 Å². The molecule has 2 rings (SSSR count). The van der Waals surface area contributed by atoms with Gasteiger partial charge in [0.15, 0.2) is 0 Å². The van der Waals surface area contributed by atoms with Crippen LogP contribution >= 0.6 is 0 Å². The first-order chi connectivity index (χ1) is 11.6. The third-order valence-electron chi connectivity index (χ3n) is 3.50. The van der Waals surface area contributed by atoms with Crippen molar-refractivity contribution < 1.29 is 23.8 Å². The van der Waals surface area contributed by atoms with Crippen LogP contribution in [0.3, 0.4) is 0 Å². The molecule has 1 N–H and O–H groups in total. The third kappa shape index (κ3) is 3.95. The normalized spacial score (nSPS) is 16.4. The van der Waals surface area contributed by atoms with Gasteiger partial charge in [-0.3, -0.25) is 0 Å². The van der Waals surface area contributed by atoms with Gasteiger partial charge >= 0.3 is 11.9 Å². The Morgan fingerprint density at radius 1 is 1.04 bits per heavy atom. The van der Waals surface area contributed by atoms with E-state index in [0.717, 1.165) is 11.3 Å². The van der Waals surface area contributed by atoms with Gasteiger partial charge in [-0.15, -0.1) is 0 Å². The van der Waals surface area contributed by atoms with Gasteiger partial charge in [-0.25, -0.2) is 9.59 Å². The Balaban J connectivity index is 2.32. The molecule has 1 heterocycles. The van der Waals surface area contributed by atoms with Crippen molar-refractivity contribution in [2.45, 2.75) is 19.9 Å². The van der Waals surface area contributed by atoms with Crippen LogP contribution in [0.4, 0.5) is 0 Å². The summed E-state index contributed by atoms with van der Waals surface area (Å²) in [5, 5.41) is 3.08. The Kier molecular flexibility index (Phi) is 6.01. The standard InChI is InChI=1S/C18H21NO5/c1-4-23-17(20)13-10-15(18(21)24-5-2)16(19-11-13)12-6-8-14(22-3)9-7-12/h6-11,16,19H,4-5H2,1-3H3. The largest absolute Gasteiger partial charge is 0.497 e. The first-order valence-electron chi connectivity index (χ1n) is 7.76. The fourth-order valence-corrected chi connectivity index (χ4v) is 2.35. The molecule has 1 aromatic carbocycles. The van der Waals surface area contributed by atoms with Crippen LogP contribution in [0.5, 0.6) is 5.75 Å². The first kappa shape index (κ1) is 17.6. The zero-order valence-electron chi connectivity index (χ0n) is 14.0. The second kappa shape index (κ2) is 8.19. The summed E-state index contributed by atoms with van der Waals surface area (Å²) in [7, 11) is 1.59. The number of hydrogen-bond acceptors (Lipinski definition) is 6. The summed E-state index contributed by atoms with van der Waals surface area (Å²) >= 11 is 0. The lowest BCUT2D eigenvalue weighted by atomic mass is 9.94. The molecule has 0 aliphatic carbocycles. The molecule has 1 aliphatic rings. The van der Waals surface area contributed by atoms with Crippen molar-refractivity contribution >= 4 is 11.9 Å². The van der Waals surface area contributed by atoms with Gasteiger partial charge in [-0.2, -0.15) is 0 Å². The van der Waals surface area contributed by atoms with E-state index in [1.54, 1.807) is 27.2 Å². The molecule has 6 heteroatoms. The Labute approximate surface area is 141 Å². The number of rotatable bonds is 6. The maximum Gasteiger partial charge on any atom is 0.339 e. The van der Waals surface area contributed by atoms with Crippen LogP contribution in [-0.4, -0.2) is 32.3 Å². The molecule has 0 fully saturated rings. The molecule has 1 unspecified atom stereocenters. The molecule has 1 atom stereocenters. The average molecular weight is 331 g/mol. The van der Waals surface area contributed by atoms with Crippen molar-refractivity contribution in [3.63, 3.8) is 0 Å². The summed E-state index contributed by atoms with van der Waals surface area (Å²) in [6.07, 6.45) is 3.07. The van der Waals surface area contributed by atoms with Crippen LogP contribution in [0.2, 0.25) is 0 Å². The highest BCUT2D eigenvalue weighted by atomic mass is 16.5. The van der Waals surface area contributed by atoms with Gasteiger partial charge in [-0.1, -0.05) is 12.1 Å². The molecule has 0 bridgehead atoms. The maximum absolute atomic E-state index is 12.3. The Bertz CT molecular complexity index is 660. The Hall–Kier alpha value is -2.76. The molecule has 0 saturated carbocycles. The number of nitrogens with one attached hydrogen (secondary N) is 1. The Morgan fingerprint density at radius 2 is 1.67 bits per heavy atom. The van der Waals surface area contributed by atoms with E-state index in [9.17, 15) is 9.59 Å². The molecule has 0 amide bonds. The number of hydrogen-bond donors (Lipinski definition) is 1. The predicted molar refractivity (Wildman–Crippen MR) is 88.3 cm³/mol. The molecular formula is C18H21NO5. The number of carbonyl (C=O) groups excluding carboxylic acids is 2. The van der Waals surface area contributed by atoms with Crippen molar-refractivity contribution in [1.82, 2.24) is 5.32 Å². The van der Waals surface area contributed by atoms with Gasteiger partial charge in [0.05, 0.1) is 37.5 Å². The summed E-state index contributed by atoms with van der Waals surface area (Å²) in [5.74, 6) is -0.236. The predicted octanol–water partition coefficient (Wildman–Crippen LogP) is 2.28. The highest BCUT2D eigenvalue weighted by Crippen LogP contribution is 2.29. The van der Waals surface area contributed by atoms with E-state index in [1.807, 2.05) is 24.3 Å². The molecule has 6 nitrogen and oxygen atoms in total. The summed E-state index contributed by atoms with van der Waals surface area (Å²) < 4.78 is 15.2. The van der Waals surface area contributed by atoms with Crippen LogP contribution in [0, 0.1) is 0 Å². The van der Waals surface area contributed by atoms with E-state index < -0.39 is 18.0 Å². The average Bonchev–Trinajstić information content (AvgIpc) is 2.61. The van der Waals surface area contributed by atoms with Crippen LogP contribution in [0.25, 0.3) is 0 Å². The molecule has 128 valence electrons. The maximum atomic E-state index is 12.3. The molecule has 1 aromatic rings. The smallest absolute Gasteiger partial charge is 0.339 e. The van der Waals surface area contributed by atoms with Gasteiger partial charge in [0.2, 0.25) is 0 Å². The SMILES string of the molecule is CCOC(=O)C1=CNC(c2ccc(OC)cc2)C(C(=O)OCC)=C1. The Morgan fingerprint density at radius 3 is 2.25 bits per heavy atom. The van der Waals surface area contributed by atoms with Crippen molar-refractivity contribution in [3.8, 4) is 5.75 Å². The lowest BCUT2D eigenvalue weighted by Crippen LogP contribution is -2.28. The van der Waals surface area contributed by atoms with Gasteiger partial charge in [-0.05, 0) is 37.6 Å². The third-order valence-corrected chi connectivity index (χ3v) is 3.50. The zero-order chi connectivity index (χ0) is 17.5. The fraction of sp³-hybridized carbons (Fsp3) is 0.333. The lowest BCUT2D eigenvalue weighted by molar-refractivity contribution is -0.138. The monoisotopic (exact) mass is 331 g/mol. The van der Waals surface area contributed by atoms with Crippen molar-refractivity contribution in [3.05, 3.63) is 53.3 Å². The summed E-state index contributed by atoms with van der Waals surface area (Å²) in [6, 6.07) is 6.92. The molecule has 0 saturated heterocycles. The number of dihydropyridines is 1.